The number of hydrogen-bond acceptors (Lipinski definition) is 4. The number of piperazine rings is 1. The molecule has 0 aliphatic carbocycles. The van der Waals surface area contributed by atoms with Gasteiger partial charge in [-0.2, -0.15) is 0 Å². The van der Waals surface area contributed by atoms with E-state index in [-0.39, 0.29) is 5.91 Å². The van der Waals surface area contributed by atoms with Crippen LogP contribution in [0, 0.1) is 0 Å². The van der Waals surface area contributed by atoms with Crippen molar-refractivity contribution in [2.24, 2.45) is 0 Å². The molecular weight excluding hydrogens is 328 g/mol. The zero-order valence-corrected chi connectivity index (χ0v) is 15.5. The van der Waals surface area contributed by atoms with Crippen LogP contribution in [-0.2, 0) is 6.54 Å². The molecule has 0 radical (unpaired) electrons. The lowest BCUT2D eigenvalue weighted by Crippen LogP contribution is -2.48. The van der Waals surface area contributed by atoms with Gasteiger partial charge in [0.25, 0.3) is 5.91 Å². The number of para-hydroxylation sites is 1. The van der Waals surface area contributed by atoms with Crippen molar-refractivity contribution in [3.63, 3.8) is 0 Å². The predicted molar refractivity (Wildman–Crippen MR) is 102 cm³/mol. The van der Waals surface area contributed by atoms with Crippen molar-refractivity contribution >= 4 is 5.91 Å². The third-order valence-corrected chi connectivity index (χ3v) is 4.62. The van der Waals surface area contributed by atoms with E-state index in [0.29, 0.717) is 17.9 Å². The van der Waals surface area contributed by atoms with Crippen molar-refractivity contribution in [1.29, 1.82) is 0 Å². The average Bonchev–Trinajstić information content (AvgIpc) is 2.69. The van der Waals surface area contributed by atoms with Crippen LogP contribution in [0.15, 0.2) is 48.5 Å². The van der Waals surface area contributed by atoms with E-state index in [1.54, 1.807) is 7.11 Å². The molecule has 1 aliphatic heterocycles. The summed E-state index contributed by atoms with van der Waals surface area (Å²) in [5.41, 5.74) is 1.88. The van der Waals surface area contributed by atoms with E-state index in [2.05, 4.69) is 17.0 Å². The molecule has 5 nitrogen and oxygen atoms in total. The Labute approximate surface area is 155 Å². The van der Waals surface area contributed by atoms with Gasteiger partial charge < -0.3 is 14.4 Å². The van der Waals surface area contributed by atoms with Crippen molar-refractivity contribution in [3.8, 4) is 11.5 Å². The van der Waals surface area contributed by atoms with E-state index in [9.17, 15) is 4.79 Å². The maximum atomic E-state index is 12.9. The quantitative estimate of drug-likeness (QED) is 0.800. The summed E-state index contributed by atoms with van der Waals surface area (Å²) in [5.74, 6) is 1.60. The molecule has 0 N–H and O–H groups in total. The SMILES string of the molecule is CCOc1ccccc1C(=O)N1CCN(Cc2cccc(OC)c2)CC1. The molecule has 0 spiro atoms. The Morgan fingerprint density at radius 3 is 2.54 bits per heavy atom. The third kappa shape index (κ3) is 4.35. The van der Waals surface area contributed by atoms with Crippen molar-refractivity contribution < 1.29 is 14.3 Å². The minimum atomic E-state index is 0.0510. The monoisotopic (exact) mass is 354 g/mol. The minimum Gasteiger partial charge on any atom is -0.497 e. The van der Waals surface area contributed by atoms with Crippen LogP contribution in [0.25, 0.3) is 0 Å². The highest BCUT2D eigenvalue weighted by molar-refractivity contribution is 5.97. The van der Waals surface area contributed by atoms with Crippen LogP contribution >= 0.6 is 0 Å². The van der Waals surface area contributed by atoms with Crippen LogP contribution in [0.5, 0.6) is 11.5 Å². The number of ether oxygens (including phenoxy) is 2. The number of rotatable bonds is 6. The Hall–Kier alpha value is -2.53. The molecule has 1 amide bonds. The van der Waals surface area contributed by atoms with E-state index in [0.717, 1.165) is 38.5 Å². The second kappa shape index (κ2) is 8.72. The standard InChI is InChI=1S/C21H26N2O3/c1-3-26-20-10-5-4-9-19(20)21(24)23-13-11-22(12-14-23)16-17-7-6-8-18(15-17)25-2/h4-10,15H,3,11-14,16H2,1-2H3. The number of benzene rings is 2. The molecule has 0 saturated carbocycles. The minimum absolute atomic E-state index is 0.0510. The first-order chi connectivity index (χ1) is 12.7. The van der Waals surface area contributed by atoms with Gasteiger partial charge in [0.1, 0.15) is 11.5 Å². The van der Waals surface area contributed by atoms with Crippen LogP contribution < -0.4 is 9.47 Å². The fraction of sp³-hybridized carbons (Fsp3) is 0.381. The van der Waals surface area contributed by atoms with Crippen molar-refractivity contribution in [1.82, 2.24) is 9.80 Å². The summed E-state index contributed by atoms with van der Waals surface area (Å²) >= 11 is 0. The van der Waals surface area contributed by atoms with E-state index in [1.807, 2.05) is 48.2 Å². The van der Waals surface area contributed by atoms with E-state index in [4.69, 9.17) is 9.47 Å². The molecule has 2 aromatic carbocycles. The van der Waals surface area contributed by atoms with E-state index in [1.165, 1.54) is 5.56 Å². The summed E-state index contributed by atoms with van der Waals surface area (Å²) in [4.78, 5) is 17.1. The van der Waals surface area contributed by atoms with E-state index < -0.39 is 0 Å². The number of carbonyl (C=O) groups excluding carboxylic acids is 1. The van der Waals surface area contributed by atoms with E-state index >= 15 is 0 Å². The highest BCUT2D eigenvalue weighted by atomic mass is 16.5. The number of methoxy groups -OCH3 is 1. The van der Waals surface area contributed by atoms with Crippen LogP contribution in [0.4, 0.5) is 0 Å². The molecule has 1 heterocycles. The van der Waals surface area contributed by atoms with Crippen molar-refractivity contribution in [2.75, 3.05) is 39.9 Å². The molecule has 1 aliphatic rings. The Morgan fingerprint density at radius 1 is 1.04 bits per heavy atom. The number of nitrogens with zero attached hydrogens (tertiary/aromatic N) is 2. The molecule has 0 atom stereocenters. The summed E-state index contributed by atoms with van der Waals surface area (Å²) in [6.07, 6.45) is 0. The average molecular weight is 354 g/mol. The topological polar surface area (TPSA) is 42.0 Å². The van der Waals surface area contributed by atoms with Gasteiger partial charge in [-0.3, -0.25) is 9.69 Å². The molecule has 0 unspecified atom stereocenters. The Morgan fingerprint density at radius 2 is 1.81 bits per heavy atom. The van der Waals surface area contributed by atoms with Crippen molar-refractivity contribution in [3.05, 3.63) is 59.7 Å². The Balaban J connectivity index is 1.59. The molecule has 1 fully saturated rings. The molecule has 138 valence electrons. The van der Waals surface area contributed by atoms with Gasteiger partial charge in [-0.1, -0.05) is 24.3 Å². The normalized spacial score (nSPS) is 14.9. The van der Waals surface area contributed by atoms with Gasteiger partial charge in [0.05, 0.1) is 19.3 Å². The maximum Gasteiger partial charge on any atom is 0.257 e. The molecule has 26 heavy (non-hydrogen) atoms. The van der Waals surface area contributed by atoms with Gasteiger partial charge in [0.2, 0.25) is 0 Å². The first kappa shape index (κ1) is 18.3. The van der Waals surface area contributed by atoms with Crippen LogP contribution in [0.1, 0.15) is 22.8 Å². The van der Waals surface area contributed by atoms with Gasteiger partial charge in [-0.05, 0) is 36.8 Å². The van der Waals surface area contributed by atoms with Crippen molar-refractivity contribution in [2.45, 2.75) is 13.5 Å². The fourth-order valence-electron chi connectivity index (χ4n) is 3.23. The number of carbonyl (C=O) groups is 1. The number of hydrogen-bond donors (Lipinski definition) is 0. The van der Waals surface area contributed by atoms with Crippen LogP contribution in [0.3, 0.4) is 0 Å². The second-order valence-corrected chi connectivity index (χ2v) is 6.35. The smallest absolute Gasteiger partial charge is 0.257 e. The number of amides is 1. The second-order valence-electron chi connectivity index (χ2n) is 6.35. The summed E-state index contributed by atoms with van der Waals surface area (Å²) < 4.78 is 10.9. The summed E-state index contributed by atoms with van der Waals surface area (Å²) in [7, 11) is 1.68. The van der Waals surface area contributed by atoms with Crippen LogP contribution in [-0.4, -0.2) is 55.6 Å². The summed E-state index contributed by atoms with van der Waals surface area (Å²) in [6.45, 7) is 6.53. The van der Waals surface area contributed by atoms with Gasteiger partial charge >= 0.3 is 0 Å². The fourth-order valence-corrected chi connectivity index (χ4v) is 3.23. The lowest BCUT2D eigenvalue weighted by atomic mass is 10.1. The Kier molecular flexibility index (Phi) is 6.12. The molecule has 0 bridgehead atoms. The maximum absolute atomic E-state index is 12.9. The summed E-state index contributed by atoms with van der Waals surface area (Å²) in [5, 5.41) is 0. The molecular formula is C21H26N2O3. The lowest BCUT2D eigenvalue weighted by Gasteiger charge is -2.35. The molecule has 2 aromatic rings. The van der Waals surface area contributed by atoms with Gasteiger partial charge in [-0.15, -0.1) is 0 Å². The first-order valence-electron chi connectivity index (χ1n) is 9.07. The molecule has 0 aromatic heterocycles. The van der Waals surface area contributed by atoms with Gasteiger partial charge in [0, 0.05) is 32.7 Å². The highest BCUT2D eigenvalue weighted by Crippen LogP contribution is 2.21. The molecule has 1 saturated heterocycles. The molecule has 5 heteroatoms. The summed E-state index contributed by atoms with van der Waals surface area (Å²) in [6, 6.07) is 15.6. The largest absolute Gasteiger partial charge is 0.497 e. The van der Waals surface area contributed by atoms with Gasteiger partial charge in [-0.25, -0.2) is 0 Å². The first-order valence-corrected chi connectivity index (χ1v) is 9.07. The van der Waals surface area contributed by atoms with Gasteiger partial charge in [0.15, 0.2) is 0 Å². The Bertz CT molecular complexity index is 740. The molecule has 3 rings (SSSR count). The van der Waals surface area contributed by atoms with Crippen LogP contribution in [0.2, 0.25) is 0 Å². The predicted octanol–water partition coefficient (Wildman–Crippen LogP) is 3.05. The zero-order chi connectivity index (χ0) is 18.4. The lowest BCUT2D eigenvalue weighted by molar-refractivity contribution is 0.0624. The zero-order valence-electron chi connectivity index (χ0n) is 15.5. The third-order valence-electron chi connectivity index (χ3n) is 4.62. The highest BCUT2D eigenvalue weighted by Gasteiger charge is 2.24.